The summed E-state index contributed by atoms with van der Waals surface area (Å²) in [5.74, 6) is 11.8. The quantitative estimate of drug-likeness (QED) is 0.0570. The number of fused-ring (bicyclic) bond motifs is 20. The SMILES string of the molecule is COc1ccc(Oc2cc3c(cc2Oc2ccc(OC)cc2)-c2nc-3nc3[nH]c(nc4nc(nc5[nH]c(n2)c2cc(Oc6ccc(OC)cc6)c(Oc6ccc(OC)cc6)cc52)-c2c-4ccc(Oc4ccc(OC)cc4)c2Oc2ccc(OC)cc2)c2cc(Oc4ccc(OC)cc4)c(Oc4ccc(OC)cc4)cc32)cc1. The lowest BCUT2D eigenvalue weighted by atomic mass is 10.1. The van der Waals surface area contributed by atoms with E-state index in [1.165, 1.54) is 0 Å². The fourth-order valence-corrected chi connectivity index (χ4v) is 12.7. The van der Waals surface area contributed by atoms with E-state index in [1.54, 1.807) is 257 Å². The summed E-state index contributed by atoms with van der Waals surface area (Å²) in [6.07, 6.45) is 0. The van der Waals surface area contributed by atoms with Crippen LogP contribution < -0.4 is 75.8 Å². The van der Waals surface area contributed by atoms with Crippen LogP contribution in [0.4, 0.5) is 0 Å². The van der Waals surface area contributed by atoms with Crippen LogP contribution in [0.1, 0.15) is 0 Å². The van der Waals surface area contributed by atoms with Crippen LogP contribution in [0.15, 0.2) is 243 Å². The largest absolute Gasteiger partial charge is 0.497 e. The number of aromatic nitrogens is 8. The number of methoxy groups -OCH3 is 8. The van der Waals surface area contributed by atoms with E-state index in [4.69, 9.17) is 106 Å². The molecule has 24 nitrogen and oxygen atoms in total. The van der Waals surface area contributed by atoms with Gasteiger partial charge >= 0.3 is 0 Å². The molecule has 0 atom stereocenters. The molecule has 0 aliphatic carbocycles. The second kappa shape index (κ2) is 30.2. The average molecular weight is 1490 g/mol. The maximum atomic E-state index is 7.09. The van der Waals surface area contributed by atoms with Crippen LogP contribution in [-0.4, -0.2) is 96.8 Å². The van der Waals surface area contributed by atoms with Gasteiger partial charge in [0.2, 0.25) is 0 Å². The smallest absolute Gasteiger partial charge is 0.181 e. The summed E-state index contributed by atoms with van der Waals surface area (Å²) in [6.45, 7) is 0. The highest BCUT2D eigenvalue weighted by Gasteiger charge is 2.31. The Labute approximate surface area is 639 Å². The molecule has 0 radical (unpaired) electrons. The number of hydrogen-bond acceptors (Lipinski definition) is 22. The van der Waals surface area contributed by atoms with E-state index >= 15 is 0 Å². The van der Waals surface area contributed by atoms with Gasteiger partial charge in [-0.25, -0.2) is 29.9 Å². The van der Waals surface area contributed by atoms with Crippen LogP contribution in [0.25, 0.3) is 89.7 Å². The lowest BCUT2D eigenvalue weighted by Crippen LogP contribution is -1.95. The summed E-state index contributed by atoms with van der Waals surface area (Å²) in [7, 11) is 12.8. The van der Waals surface area contributed by atoms with Gasteiger partial charge in [-0.2, -0.15) is 0 Å². The summed E-state index contributed by atoms with van der Waals surface area (Å²) in [5.41, 5.74) is 2.98. The highest BCUT2D eigenvalue weighted by molar-refractivity contribution is 6.08. The Bertz CT molecular complexity index is 6060. The van der Waals surface area contributed by atoms with Crippen LogP contribution in [0, 0.1) is 0 Å². The number of nitrogens with one attached hydrogen (secondary N) is 2. The number of nitrogens with zero attached hydrogens (tertiary/aromatic N) is 6. The normalized spacial score (nSPS) is 11.2. The van der Waals surface area contributed by atoms with E-state index in [-0.39, 0.29) is 51.6 Å². The second-order valence-corrected chi connectivity index (χ2v) is 25.2. The van der Waals surface area contributed by atoms with Crippen molar-refractivity contribution in [1.29, 1.82) is 0 Å². The van der Waals surface area contributed by atoms with Crippen LogP contribution in [0.2, 0.25) is 0 Å². The van der Waals surface area contributed by atoms with Gasteiger partial charge in [0.1, 0.15) is 115 Å². The molecule has 2 aliphatic rings. The molecule has 0 saturated carbocycles. The van der Waals surface area contributed by atoms with Crippen LogP contribution in [-0.2, 0) is 0 Å². The number of hydrogen-bond donors (Lipinski definition) is 2. The fourth-order valence-electron chi connectivity index (χ4n) is 12.7. The molecule has 8 bridgehead atoms. The molecule has 12 aromatic carbocycles. The summed E-state index contributed by atoms with van der Waals surface area (Å²) in [6, 6.07) is 72.2. The second-order valence-electron chi connectivity index (χ2n) is 25.2. The molecular formula is C88H66N8O16. The van der Waals surface area contributed by atoms with E-state index in [9.17, 15) is 0 Å². The van der Waals surface area contributed by atoms with Gasteiger partial charge in [-0.1, -0.05) is 0 Å². The third kappa shape index (κ3) is 14.3. The molecule has 0 unspecified atom stereocenters. The third-order valence-corrected chi connectivity index (χ3v) is 18.4. The van der Waals surface area contributed by atoms with Crippen molar-refractivity contribution in [1.82, 2.24) is 39.9 Å². The minimum absolute atomic E-state index is 0.138. The zero-order chi connectivity index (χ0) is 76.3. The maximum absolute atomic E-state index is 7.09. The van der Waals surface area contributed by atoms with Crippen molar-refractivity contribution in [2.24, 2.45) is 0 Å². The number of ether oxygens (including phenoxy) is 16. The van der Waals surface area contributed by atoms with Gasteiger partial charge < -0.3 is 85.8 Å². The molecule has 0 saturated heterocycles. The van der Waals surface area contributed by atoms with Gasteiger partial charge in [0.25, 0.3) is 0 Å². The van der Waals surface area contributed by atoms with Gasteiger partial charge in [0.15, 0.2) is 69.3 Å². The van der Waals surface area contributed by atoms with Crippen LogP contribution >= 0.6 is 0 Å². The van der Waals surface area contributed by atoms with Gasteiger partial charge in [-0.3, -0.25) is 0 Å². The Morgan fingerprint density at radius 2 is 0.393 bits per heavy atom. The minimum Gasteiger partial charge on any atom is -0.497 e. The molecule has 15 aromatic rings. The first-order valence-corrected chi connectivity index (χ1v) is 35.0. The molecular weight excluding hydrogens is 1430 g/mol. The molecule has 112 heavy (non-hydrogen) atoms. The van der Waals surface area contributed by atoms with Gasteiger partial charge in [0, 0.05) is 38.2 Å². The number of benzene rings is 12. The van der Waals surface area contributed by atoms with E-state index in [0.717, 1.165) is 0 Å². The maximum Gasteiger partial charge on any atom is 0.181 e. The van der Waals surface area contributed by atoms with Crippen molar-refractivity contribution in [2.45, 2.75) is 0 Å². The van der Waals surface area contributed by atoms with Crippen molar-refractivity contribution in [3.8, 4) is 184 Å². The fraction of sp³-hybridized carbons (Fsp3) is 0.0909. The zero-order valence-electron chi connectivity index (χ0n) is 61.3. The Kier molecular flexibility index (Phi) is 18.8. The molecule has 0 spiro atoms. The van der Waals surface area contributed by atoms with Gasteiger partial charge in [-0.15, -0.1) is 0 Å². The molecule has 2 N–H and O–H groups in total. The first-order chi connectivity index (χ1) is 54.9. The molecule has 2 aliphatic heterocycles. The van der Waals surface area contributed by atoms with Crippen molar-refractivity contribution < 1.29 is 75.8 Å². The van der Waals surface area contributed by atoms with Crippen molar-refractivity contribution in [3.63, 3.8) is 0 Å². The van der Waals surface area contributed by atoms with E-state index in [2.05, 4.69) is 9.97 Å². The molecule has 24 heteroatoms. The van der Waals surface area contributed by atoms with Crippen LogP contribution in [0.3, 0.4) is 0 Å². The van der Waals surface area contributed by atoms with Crippen LogP contribution in [0.5, 0.6) is 138 Å². The van der Waals surface area contributed by atoms with E-state index < -0.39 is 0 Å². The predicted molar refractivity (Wildman–Crippen MR) is 421 cm³/mol. The number of rotatable bonds is 24. The van der Waals surface area contributed by atoms with E-state index in [0.29, 0.717) is 176 Å². The number of H-pyrrole nitrogens is 2. The Morgan fingerprint density at radius 1 is 0.188 bits per heavy atom. The highest BCUT2D eigenvalue weighted by Crippen LogP contribution is 2.52. The Morgan fingerprint density at radius 3 is 0.652 bits per heavy atom. The van der Waals surface area contributed by atoms with E-state index in [1.807, 2.05) is 42.5 Å². The predicted octanol–water partition coefficient (Wildman–Crippen LogP) is 21.3. The summed E-state index contributed by atoms with van der Waals surface area (Å²) in [5, 5.41) is 2.05. The van der Waals surface area contributed by atoms with Gasteiger partial charge in [0.05, 0.1) is 62.4 Å². The molecule has 3 aromatic heterocycles. The summed E-state index contributed by atoms with van der Waals surface area (Å²) in [4.78, 5) is 40.3. The minimum atomic E-state index is 0.138. The zero-order valence-corrected chi connectivity index (χ0v) is 61.3. The lowest BCUT2D eigenvalue weighted by molar-refractivity contribution is 0.405. The summed E-state index contributed by atoms with van der Waals surface area (Å²) < 4.78 is 99.5. The Balaban J connectivity index is 0.988. The first kappa shape index (κ1) is 69.8. The van der Waals surface area contributed by atoms with Crippen molar-refractivity contribution in [2.75, 3.05) is 56.9 Å². The van der Waals surface area contributed by atoms with Crippen molar-refractivity contribution in [3.05, 3.63) is 243 Å². The molecule has 17 rings (SSSR count). The van der Waals surface area contributed by atoms with Crippen molar-refractivity contribution >= 4 is 44.1 Å². The molecule has 0 amide bonds. The average Bonchev–Trinajstić information content (AvgIpc) is 1.58. The highest BCUT2D eigenvalue weighted by atomic mass is 16.5. The third-order valence-electron chi connectivity index (χ3n) is 18.4. The molecule has 554 valence electrons. The topological polar surface area (TPSA) is 257 Å². The molecule has 0 fully saturated rings. The summed E-state index contributed by atoms with van der Waals surface area (Å²) >= 11 is 0. The van der Waals surface area contributed by atoms with Gasteiger partial charge in [-0.05, 0) is 243 Å². The molecule has 5 heterocycles. The first-order valence-electron chi connectivity index (χ1n) is 35.0. The lowest BCUT2D eigenvalue weighted by Gasteiger charge is -2.16. The standard InChI is InChI=1S/C88H66N8O16/c1-97-49-9-25-57(26-10-49)105-72-42-41-65-79(80(72)112-64-39-23-56(104-8)24-40-64)88-95-81(65)89-82-66-43-73(106-58-27-11-50(98-2)12-28-58)74(107-59-29-13-51(99-3)14-30-59)44-67(66)83(90-82)91-84-68-45-75(108-60-31-15-52(100-4)16-32-60)76(109-61-33-17-53(101-5)18-34-61)46-69(68)85(92-84)93-86-70-47-77(110-62-35-19-54(102-6)20-36-62)78(48-71(70)87(94-86)96-88)111-63-37-21-55(103-7)22-38-63/h9-48H,1-8H3,(H2,89,90,91,92,93,94,95,96). The Hall–Kier alpha value is -15.2. The number of aromatic amines is 2. The monoisotopic (exact) mass is 1490 g/mol.